The molecule has 4 heteroatoms. The summed E-state index contributed by atoms with van der Waals surface area (Å²) >= 11 is 0. The molecular formula is C15H22O4. The van der Waals surface area contributed by atoms with E-state index >= 15 is 0 Å². The topological polar surface area (TPSA) is 55.8 Å². The van der Waals surface area contributed by atoms with Gasteiger partial charge in [-0.25, -0.2) is 0 Å². The summed E-state index contributed by atoms with van der Waals surface area (Å²) in [6.07, 6.45) is 0.0625. The maximum absolute atomic E-state index is 11.1. The van der Waals surface area contributed by atoms with E-state index in [9.17, 15) is 4.79 Å². The molecule has 4 nitrogen and oxygen atoms in total. The van der Waals surface area contributed by atoms with Crippen LogP contribution < -0.4 is 9.47 Å². The molecule has 0 aliphatic carbocycles. The first-order valence-corrected chi connectivity index (χ1v) is 6.23. The molecule has 0 aliphatic rings. The minimum absolute atomic E-state index is 0.0625. The van der Waals surface area contributed by atoms with Crippen LogP contribution in [0.2, 0.25) is 0 Å². The van der Waals surface area contributed by atoms with Crippen LogP contribution in [-0.2, 0) is 4.79 Å². The Morgan fingerprint density at radius 2 is 1.89 bits per heavy atom. The number of aliphatic carboxylic acids is 1. The Bertz CT molecular complexity index is 446. The van der Waals surface area contributed by atoms with Crippen molar-refractivity contribution < 1.29 is 19.4 Å². The highest BCUT2D eigenvalue weighted by molar-refractivity contribution is 5.68. The van der Waals surface area contributed by atoms with Crippen LogP contribution in [0, 0.1) is 5.41 Å². The Morgan fingerprint density at radius 1 is 1.26 bits per heavy atom. The second-order valence-electron chi connectivity index (χ2n) is 5.62. The Kier molecular flexibility index (Phi) is 4.81. The van der Waals surface area contributed by atoms with Gasteiger partial charge in [-0.3, -0.25) is 4.79 Å². The van der Waals surface area contributed by atoms with E-state index in [1.807, 2.05) is 39.0 Å². The van der Waals surface area contributed by atoms with Crippen molar-refractivity contribution in [2.24, 2.45) is 5.41 Å². The Balaban J connectivity index is 3.30. The summed E-state index contributed by atoms with van der Waals surface area (Å²) in [5.74, 6) is 0.442. The lowest BCUT2D eigenvalue weighted by molar-refractivity contribution is -0.138. The Labute approximate surface area is 114 Å². The van der Waals surface area contributed by atoms with Gasteiger partial charge in [0.05, 0.1) is 20.6 Å². The molecule has 0 bridgehead atoms. The molecule has 1 aromatic rings. The van der Waals surface area contributed by atoms with Gasteiger partial charge in [0.1, 0.15) is 11.5 Å². The number of carboxylic acids is 1. The van der Waals surface area contributed by atoms with Gasteiger partial charge in [0.15, 0.2) is 0 Å². The SMILES string of the molecule is COc1ccc(OC)c(C(CC(=O)O)C(C)(C)C)c1. The Hall–Kier alpha value is -1.71. The van der Waals surface area contributed by atoms with Crippen LogP contribution in [0.15, 0.2) is 18.2 Å². The van der Waals surface area contributed by atoms with E-state index in [1.165, 1.54) is 0 Å². The summed E-state index contributed by atoms with van der Waals surface area (Å²) in [6, 6.07) is 5.48. The quantitative estimate of drug-likeness (QED) is 0.888. The second kappa shape index (κ2) is 5.95. The lowest BCUT2D eigenvalue weighted by Gasteiger charge is -2.31. The van der Waals surface area contributed by atoms with Gasteiger partial charge in [0.25, 0.3) is 0 Å². The molecule has 0 aliphatic heterocycles. The fourth-order valence-corrected chi connectivity index (χ4v) is 2.17. The van der Waals surface area contributed by atoms with Gasteiger partial charge < -0.3 is 14.6 Å². The van der Waals surface area contributed by atoms with E-state index < -0.39 is 5.97 Å². The van der Waals surface area contributed by atoms with Gasteiger partial charge in [-0.2, -0.15) is 0 Å². The number of carbonyl (C=O) groups is 1. The summed E-state index contributed by atoms with van der Waals surface area (Å²) in [6.45, 7) is 6.08. The molecule has 1 atom stereocenters. The number of hydrogen-bond acceptors (Lipinski definition) is 3. The molecule has 1 N–H and O–H groups in total. The van der Waals surface area contributed by atoms with Crippen LogP contribution >= 0.6 is 0 Å². The summed E-state index contributed by atoms with van der Waals surface area (Å²) in [5.41, 5.74) is 0.689. The van der Waals surface area contributed by atoms with E-state index in [0.717, 1.165) is 5.56 Å². The molecular weight excluding hydrogens is 244 g/mol. The largest absolute Gasteiger partial charge is 0.497 e. The molecule has 0 spiro atoms. The second-order valence-corrected chi connectivity index (χ2v) is 5.62. The number of methoxy groups -OCH3 is 2. The van der Waals surface area contributed by atoms with Crippen molar-refractivity contribution in [1.82, 2.24) is 0 Å². The van der Waals surface area contributed by atoms with Crippen molar-refractivity contribution in [2.75, 3.05) is 14.2 Å². The monoisotopic (exact) mass is 266 g/mol. The number of rotatable bonds is 5. The zero-order valence-electron chi connectivity index (χ0n) is 12.2. The maximum Gasteiger partial charge on any atom is 0.303 e. The molecule has 1 rings (SSSR count). The predicted molar refractivity (Wildman–Crippen MR) is 74.0 cm³/mol. The fraction of sp³-hybridized carbons (Fsp3) is 0.533. The minimum Gasteiger partial charge on any atom is -0.497 e. The third kappa shape index (κ3) is 3.88. The maximum atomic E-state index is 11.1. The van der Waals surface area contributed by atoms with E-state index in [1.54, 1.807) is 14.2 Å². The zero-order chi connectivity index (χ0) is 14.6. The number of hydrogen-bond donors (Lipinski definition) is 1. The highest BCUT2D eigenvalue weighted by atomic mass is 16.5. The average molecular weight is 266 g/mol. The normalized spacial score (nSPS) is 12.9. The van der Waals surface area contributed by atoms with Gasteiger partial charge in [0, 0.05) is 11.5 Å². The molecule has 19 heavy (non-hydrogen) atoms. The molecule has 0 amide bonds. The van der Waals surface area contributed by atoms with Crippen LogP contribution in [0.1, 0.15) is 38.7 Å². The van der Waals surface area contributed by atoms with Crippen molar-refractivity contribution in [1.29, 1.82) is 0 Å². The smallest absolute Gasteiger partial charge is 0.303 e. The predicted octanol–water partition coefficient (Wildman–Crippen LogP) is 3.31. The number of benzene rings is 1. The first-order valence-electron chi connectivity index (χ1n) is 6.23. The van der Waals surface area contributed by atoms with Crippen molar-refractivity contribution >= 4 is 5.97 Å². The highest BCUT2D eigenvalue weighted by Crippen LogP contribution is 2.42. The lowest BCUT2D eigenvalue weighted by atomic mass is 9.74. The van der Waals surface area contributed by atoms with E-state index in [4.69, 9.17) is 14.6 Å². The third-order valence-electron chi connectivity index (χ3n) is 3.24. The summed E-state index contributed by atoms with van der Waals surface area (Å²) in [7, 11) is 3.18. The fourth-order valence-electron chi connectivity index (χ4n) is 2.17. The molecule has 0 fully saturated rings. The van der Waals surface area contributed by atoms with Gasteiger partial charge in [-0.1, -0.05) is 20.8 Å². The van der Waals surface area contributed by atoms with Crippen LogP contribution in [0.4, 0.5) is 0 Å². The summed E-state index contributed by atoms with van der Waals surface area (Å²) in [4.78, 5) is 11.1. The van der Waals surface area contributed by atoms with E-state index in [2.05, 4.69) is 0 Å². The molecule has 1 aromatic carbocycles. The van der Waals surface area contributed by atoms with Gasteiger partial charge in [-0.05, 0) is 23.6 Å². The van der Waals surface area contributed by atoms with Crippen LogP contribution in [-0.4, -0.2) is 25.3 Å². The van der Waals surface area contributed by atoms with E-state index in [0.29, 0.717) is 11.5 Å². The molecule has 0 saturated heterocycles. The van der Waals surface area contributed by atoms with Crippen molar-refractivity contribution in [3.63, 3.8) is 0 Å². The van der Waals surface area contributed by atoms with E-state index in [-0.39, 0.29) is 17.8 Å². The third-order valence-corrected chi connectivity index (χ3v) is 3.24. The Morgan fingerprint density at radius 3 is 2.32 bits per heavy atom. The van der Waals surface area contributed by atoms with Gasteiger partial charge in [0.2, 0.25) is 0 Å². The first kappa shape index (κ1) is 15.3. The van der Waals surface area contributed by atoms with Gasteiger partial charge >= 0.3 is 5.97 Å². The van der Waals surface area contributed by atoms with Crippen LogP contribution in [0.25, 0.3) is 0 Å². The number of carboxylic acid groups (broad SMARTS) is 1. The van der Waals surface area contributed by atoms with Gasteiger partial charge in [-0.15, -0.1) is 0 Å². The molecule has 0 saturated carbocycles. The molecule has 0 radical (unpaired) electrons. The van der Waals surface area contributed by atoms with Crippen LogP contribution in [0.3, 0.4) is 0 Å². The minimum atomic E-state index is -0.815. The number of ether oxygens (including phenoxy) is 2. The van der Waals surface area contributed by atoms with Crippen LogP contribution in [0.5, 0.6) is 11.5 Å². The zero-order valence-corrected chi connectivity index (χ0v) is 12.2. The lowest BCUT2D eigenvalue weighted by Crippen LogP contribution is -2.22. The van der Waals surface area contributed by atoms with Crippen molar-refractivity contribution in [3.8, 4) is 11.5 Å². The molecule has 1 unspecified atom stereocenters. The summed E-state index contributed by atoms with van der Waals surface area (Å²) in [5, 5.41) is 9.13. The molecule has 0 aromatic heterocycles. The van der Waals surface area contributed by atoms with Crippen molar-refractivity contribution in [3.05, 3.63) is 23.8 Å². The first-order chi connectivity index (χ1) is 8.79. The standard InChI is InChI=1S/C15H22O4/c1-15(2,3)12(9-14(16)17)11-8-10(18-4)6-7-13(11)19-5/h6-8,12H,9H2,1-5H3,(H,16,17). The summed E-state index contributed by atoms with van der Waals surface area (Å²) < 4.78 is 10.6. The van der Waals surface area contributed by atoms with Crippen molar-refractivity contribution in [2.45, 2.75) is 33.1 Å². The average Bonchev–Trinajstić information content (AvgIpc) is 2.33. The molecule has 0 heterocycles. The highest BCUT2D eigenvalue weighted by Gasteiger charge is 2.31. The molecule has 106 valence electrons.